The Balaban J connectivity index is 2.01. The largest absolute Gasteiger partial charge is 0.324 e. The second-order valence-corrected chi connectivity index (χ2v) is 6.82. The second-order valence-electron chi connectivity index (χ2n) is 5.97. The summed E-state index contributed by atoms with van der Waals surface area (Å²) in [5, 5.41) is 7.46. The molecule has 0 heterocycles. The molecule has 25 heavy (non-hydrogen) atoms. The Hall–Kier alpha value is -1.55. The minimum absolute atomic E-state index is 0.0532. The van der Waals surface area contributed by atoms with Crippen molar-refractivity contribution in [2.24, 2.45) is 0 Å². The number of aryl methyl sites for hydroxylation is 2. The van der Waals surface area contributed by atoms with E-state index in [0.717, 1.165) is 35.2 Å². The van der Waals surface area contributed by atoms with Crippen molar-refractivity contribution < 1.29 is 4.79 Å². The molecule has 0 aliphatic heterocycles. The molecule has 0 saturated carbocycles. The summed E-state index contributed by atoms with van der Waals surface area (Å²) in [6, 6.07) is 11.5. The summed E-state index contributed by atoms with van der Waals surface area (Å²) in [7, 11) is 0. The predicted octanol–water partition coefficient (Wildman–Crippen LogP) is 5.41. The fourth-order valence-corrected chi connectivity index (χ4v) is 3.37. The third-order valence-electron chi connectivity index (χ3n) is 4.26. The lowest BCUT2D eigenvalue weighted by atomic mass is 10.0. The molecular weight excluding hydrogens is 355 g/mol. The van der Waals surface area contributed by atoms with E-state index in [2.05, 4.69) is 36.6 Å². The SMILES string of the molecule is CCc1cccc(CC)c1NC(=O)CN[C@H](C)c1ccc(Cl)cc1Cl. The molecule has 0 fully saturated rings. The van der Waals surface area contributed by atoms with Crippen molar-refractivity contribution >= 4 is 34.8 Å². The first-order chi connectivity index (χ1) is 12.0. The first-order valence-corrected chi connectivity index (χ1v) is 9.30. The van der Waals surface area contributed by atoms with Gasteiger partial charge in [0.25, 0.3) is 0 Å². The highest BCUT2D eigenvalue weighted by Gasteiger charge is 2.13. The van der Waals surface area contributed by atoms with E-state index in [4.69, 9.17) is 23.2 Å². The molecule has 0 radical (unpaired) electrons. The Bertz CT molecular complexity index is 724. The smallest absolute Gasteiger partial charge is 0.238 e. The lowest BCUT2D eigenvalue weighted by Crippen LogP contribution is -2.30. The van der Waals surface area contributed by atoms with Gasteiger partial charge in [0.15, 0.2) is 0 Å². The van der Waals surface area contributed by atoms with Gasteiger partial charge in [-0.15, -0.1) is 0 Å². The molecule has 0 aliphatic carbocycles. The molecule has 2 N–H and O–H groups in total. The van der Waals surface area contributed by atoms with Gasteiger partial charge in [0.2, 0.25) is 5.91 Å². The molecule has 0 spiro atoms. The monoisotopic (exact) mass is 378 g/mol. The van der Waals surface area contributed by atoms with Gasteiger partial charge in [-0.1, -0.05) is 61.3 Å². The summed E-state index contributed by atoms with van der Waals surface area (Å²) >= 11 is 12.2. The molecule has 134 valence electrons. The number of halogens is 2. The van der Waals surface area contributed by atoms with Crippen molar-refractivity contribution in [1.29, 1.82) is 0 Å². The Morgan fingerprint density at radius 1 is 1.08 bits per heavy atom. The zero-order valence-electron chi connectivity index (χ0n) is 14.8. The van der Waals surface area contributed by atoms with Crippen LogP contribution in [0.3, 0.4) is 0 Å². The van der Waals surface area contributed by atoms with Gasteiger partial charge in [-0.2, -0.15) is 0 Å². The number of para-hydroxylation sites is 1. The normalized spacial score (nSPS) is 12.0. The van der Waals surface area contributed by atoms with E-state index in [1.807, 2.05) is 19.1 Å². The first-order valence-electron chi connectivity index (χ1n) is 8.55. The Labute approximate surface area is 159 Å². The average molecular weight is 379 g/mol. The number of hydrogen-bond donors (Lipinski definition) is 2. The standard InChI is InChI=1S/C20H24Cl2N2O/c1-4-14-7-6-8-15(5-2)20(14)24-19(25)12-23-13(3)17-10-9-16(21)11-18(17)22/h6-11,13,23H,4-5,12H2,1-3H3,(H,24,25)/t13-/m1/s1. The predicted molar refractivity (Wildman–Crippen MR) is 107 cm³/mol. The zero-order chi connectivity index (χ0) is 18.4. The van der Waals surface area contributed by atoms with Gasteiger partial charge in [0, 0.05) is 21.8 Å². The van der Waals surface area contributed by atoms with Crippen LogP contribution in [0.15, 0.2) is 36.4 Å². The molecule has 5 heteroatoms. The van der Waals surface area contributed by atoms with Crippen molar-refractivity contribution in [3.05, 3.63) is 63.1 Å². The summed E-state index contributed by atoms with van der Waals surface area (Å²) in [6.45, 7) is 6.36. The molecule has 0 saturated heterocycles. The molecule has 1 amide bonds. The summed E-state index contributed by atoms with van der Waals surface area (Å²) in [4.78, 5) is 12.4. The van der Waals surface area contributed by atoms with Crippen molar-refractivity contribution in [3.8, 4) is 0 Å². The third-order valence-corrected chi connectivity index (χ3v) is 4.82. The quantitative estimate of drug-likeness (QED) is 0.676. The molecule has 2 aromatic carbocycles. The number of carbonyl (C=O) groups excluding carboxylic acids is 1. The highest BCUT2D eigenvalue weighted by atomic mass is 35.5. The molecule has 2 rings (SSSR count). The van der Waals surface area contributed by atoms with Gasteiger partial charge in [-0.3, -0.25) is 4.79 Å². The molecule has 2 aromatic rings. The van der Waals surface area contributed by atoms with Crippen molar-refractivity contribution in [2.75, 3.05) is 11.9 Å². The molecule has 0 bridgehead atoms. The summed E-state index contributed by atoms with van der Waals surface area (Å²) in [5.41, 5.74) is 4.17. The van der Waals surface area contributed by atoms with Crippen LogP contribution in [-0.4, -0.2) is 12.5 Å². The fraction of sp³-hybridized carbons (Fsp3) is 0.350. The molecular formula is C20H24Cl2N2O. The number of nitrogens with one attached hydrogen (secondary N) is 2. The van der Waals surface area contributed by atoms with Crippen LogP contribution in [0.5, 0.6) is 0 Å². The van der Waals surface area contributed by atoms with E-state index in [1.165, 1.54) is 0 Å². The number of hydrogen-bond acceptors (Lipinski definition) is 2. The van der Waals surface area contributed by atoms with Gasteiger partial charge < -0.3 is 10.6 Å². The topological polar surface area (TPSA) is 41.1 Å². The van der Waals surface area contributed by atoms with Crippen molar-refractivity contribution in [1.82, 2.24) is 5.32 Å². The summed E-state index contributed by atoms with van der Waals surface area (Å²) in [5.74, 6) is -0.0625. The van der Waals surface area contributed by atoms with Crippen molar-refractivity contribution in [2.45, 2.75) is 39.7 Å². The Morgan fingerprint density at radius 3 is 2.28 bits per heavy atom. The fourth-order valence-electron chi connectivity index (χ4n) is 2.80. The number of anilines is 1. The van der Waals surface area contributed by atoms with Crippen LogP contribution < -0.4 is 10.6 Å². The highest BCUT2D eigenvalue weighted by molar-refractivity contribution is 6.35. The van der Waals surface area contributed by atoms with Crippen LogP contribution in [0.1, 0.15) is 43.5 Å². The van der Waals surface area contributed by atoms with Gasteiger partial charge in [-0.05, 0) is 48.6 Å². The lowest BCUT2D eigenvalue weighted by molar-refractivity contribution is -0.115. The van der Waals surface area contributed by atoms with E-state index in [0.29, 0.717) is 10.0 Å². The maximum Gasteiger partial charge on any atom is 0.238 e. The Morgan fingerprint density at radius 2 is 1.72 bits per heavy atom. The van der Waals surface area contributed by atoms with E-state index < -0.39 is 0 Å². The molecule has 0 unspecified atom stereocenters. The zero-order valence-corrected chi connectivity index (χ0v) is 16.3. The molecule has 3 nitrogen and oxygen atoms in total. The lowest BCUT2D eigenvalue weighted by Gasteiger charge is -2.18. The van der Waals surface area contributed by atoms with E-state index in [-0.39, 0.29) is 18.5 Å². The summed E-state index contributed by atoms with van der Waals surface area (Å²) < 4.78 is 0. The van der Waals surface area contributed by atoms with Crippen LogP contribution in [0.4, 0.5) is 5.69 Å². The van der Waals surface area contributed by atoms with Gasteiger partial charge in [0.05, 0.1) is 6.54 Å². The van der Waals surface area contributed by atoms with Crippen LogP contribution in [0.2, 0.25) is 10.0 Å². The third kappa shape index (κ3) is 5.21. The first kappa shape index (κ1) is 19.8. The van der Waals surface area contributed by atoms with E-state index in [9.17, 15) is 4.79 Å². The van der Waals surface area contributed by atoms with Crippen LogP contribution in [-0.2, 0) is 17.6 Å². The number of benzene rings is 2. The van der Waals surface area contributed by atoms with E-state index in [1.54, 1.807) is 12.1 Å². The number of rotatable bonds is 7. The van der Waals surface area contributed by atoms with Gasteiger partial charge in [0.1, 0.15) is 0 Å². The van der Waals surface area contributed by atoms with Crippen LogP contribution in [0.25, 0.3) is 0 Å². The maximum atomic E-state index is 12.4. The minimum atomic E-state index is -0.0625. The maximum absolute atomic E-state index is 12.4. The minimum Gasteiger partial charge on any atom is -0.324 e. The van der Waals surface area contributed by atoms with Crippen LogP contribution >= 0.6 is 23.2 Å². The van der Waals surface area contributed by atoms with Crippen molar-refractivity contribution in [3.63, 3.8) is 0 Å². The summed E-state index contributed by atoms with van der Waals surface area (Å²) in [6.07, 6.45) is 1.77. The Kier molecular flexibility index (Phi) is 7.30. The van der Waals surface area contributed by atoms with E-state index >= 15 is 0 Å². The molecule has 0 aliphatic rings. The van der Waals surface area contributed by atoms with Crippen LogP contribution in [0, 0.1) is 0 Å². The van der Waals surface area contributed by atoms with Gasteiger partial charge >= 0.3 is 0 Å². The highest BCUT2D eigenvalue weighted by Crippen LogP contribution is 2.26. The molecule has 1 atom stereocenters. The number of carbonyl (C=O) groups is 1. The number of amides is 1. The van der Waals surface area contributed by atoms with Gasteiger partial charge in [-0.25, -0.2) is 0 Å². The second kappa shape index (κ2) is 9.23. The average Bonchev–Trinajstić information content (AvgIpc) is 2.59. The molecule has 0 aromatic heterocycles.